The van der Waals surface area contributed by atoms with Gasteiger partial charge in [0.2, 0.25) is 0 Å². The Labute approximate surface area is 50.6 Å². The number of hydrogen-bond acceptors (Lipinski definition) is 0. The lowest BCUT2D eigenvalue weighted by Gasteiger charge is -1.97. The monoisotopic (exact) mass is 106 g/mol. The molecule has 0 bridgehead atoms. The van der Waals surface area contributed by atoms with Crippen molar-refractivity contribution in [3.8, 4) is 11.8 Å². The molecule has 8 heavy (non-hydrogen) atoms. The summed E-state index contributed by atoms with van der Waals surface area (Å²) in [5.41, 5.74) is 2.67. The Morgan fingerprint density at radius 1 is 1.38 bits per heavy atom. The van der Waals surface area contributed by atoms with Crippen molar-refractivity contribution < 1.29 is 0 Å². The molecule has 0 heteroatoms. The summed E-state index contributed by atoms with van der Waals surface area (Å²) in [6.07, 6.45) is 0. The molecule has 1 atom stereocenters. The molecule has 0 aromatic rings. The van der Waals surface area contributed by atoms with Crippen LogP contribution in [-0.4, -0.2) is 0 Å². The van der Waals surface area contributed by atoms with Gasteiger partial charge >= 0.3 is 0 Å². The van der Waals surface area contributed by atoms with Crippen molar-refractivity contribution in [1.29, 1.82) is 0 Å². The molecule has 0 saturated carbocycles. The van der Waals surface area contributed by atoms with Crippen LogP contribution in [0.25, 0.3) is 0 Å². The summed E-state index contributed by atoms with van der Waals surface area (Å²) < 4.78 is 0. The highest BCUT2D eigenvalue weighted by atomic mass is 14.1. The van der Waals surface area contributed by atoms with Crippen LogP contribution in [0.4, 0.5) is 0 Å². The van der Waals surface area contributed by atoms with Crippen LogP contribution >= 0.6 is 0 Å². The van der Waals surface area contributed by atoms with Crippen molar-refractivity contribution in [2.45, 2.75) is 20.8 Å². The number of rotatable bonds is 0. The van der Waals surface area contributed by atoms with Crippen LogP contribution in [0, 0.1) is 17.8 Å². The Balaban J connectivity index is 2.92. The van der Waals surface area contributed by atoms with E-state index in [2.05, 4.69) is 32.6 Å². The number of allylic oxidation sites excluding steroid dienone is 2. The molecule has 0 amide bonds. The maximum atomic E-state index is 3.09. The summed E-state index contributed by atoms with van der Waals surface area (Å²) in [5, 5.41) is 0. The van der Waals surface area contributed by atoms with Gasteiger partial charge in [0.1, 0.15) is 0 Å². The van der Waals surface area contributed by atoms with Crippen molar-refractivity contribution in [2.75, 3.05) is 0 Å². The van der Waals surface area contributed by atoms with E-state index in [0.717, 1.165) is 0 Å². The summed E-state index contributed by atoms with van der Waals surface area (Å²) in [6.45, 7) is 6.34. The normalized spacial score (nSPS) is 25.6. The first-order valence-electron chi connectivity index (χ1n) is 2.90. The van der Waals surface area contributed by atoms with Gasteiger partial charge in [-0.3, -0.25) is 0 Å². The molecule has 0 fully saturated rings. The van der Waals surface area contributed by atoms with E-state index in [-0.39, 0.29) is 0 Å². The molecule has 0 radical (unpaired) electrons. The van der Waals surface area contributed by atoms with Gasteiger partial charge in [-0.15, -0.1) is 0 Å². The molecule has 1 rings (SSSR count). The van der Waals surface area contributed by atoms with Crippen LogP contribution in [0.1, 0.15) is 20.8 Å². The zero-order chi connectivity index (χ0) is 6.15. The summed E-state index contributed by atoms with van der Waals surface area (Å²) in [4.78, 5) is 0. The predicted molar refractivity (Wildman–Crippen MR) is 35.3 cm³/mol. The van der Waals surface area contributed by atoms with Crippen LogP contribution in [0.5, 0.6) is 0 Å². The van der Waals surface area contributed by atoms with Crippen LogP contribution in [0.15, 0.2) is 11.1 Å². The smallest absolute Gasteiger partial charge is 0.0396 e. The van der Waals surface area contributed by atoms with Crippen LogP contribution in [0.2, 0.25) is 0 Å². The summed E-state index contributed by atoms with van der Waals surface area (Å²) >= 11 is 0. The highest BCUT2D eigenvalue weighted by molar-refractivity contribution is 5.41. The van der Waals surface area contributed by atoms with Gasteiger partial charge in [0.05, 0.1) is 0 Å². The van der Waals surface area contributed by atoms with Gasteiger partial charge in [0.25, 0.3) is 0 Å². The van der Waals surface area contributed by atoms with Gasteiger partial charge in [-0.1, -0.05) is 11.8 Å². The first-order valence-corrected chi connectivity index (χ1v) is 2.90. The van der Waals surface area contributed by atoms with E-state index in [1.165, 1.54) is 11.1 Å². The predicted octanol–water partition coefficient (Wildman–Crippen LogP) is 1.98. The first-order chi connectivity index (χ1) is 3.72. The molecule has 0 aliphatic heterocycles. The SMILES string of the molecule is CC1=C(C)C(C)C#C1. The molecular formula is C8H10. The molecule has 0 nitrogen and oxygen atoms in total. The first kappa shape index (κ1) is 5.44. The Morgan fingerprint density at radius 3 is 2.12 bits per heavy atom. The Hall–Kier alpha value is -0.700. The molecule has 0 spiro atoms. The molecule has 0 saturated heterocycles. The third-order valence-corrected chi connectivity index (χ3v) is 1.72. The highest BCUT2D eigenvalue weighted by Gasteiger charge is 2.06. The van der Waals surface area contributed by atoms with Crippen molar-refractivity contribution in [3.05, 3.63) is 11.1 Å². The zero-order valence-electron chi connectivity index (χ0n) is 5.58. The molecule has 1 aliphatic carbocycles. The van der Waals surface area contributed by atoms with Crippen LogP contribution < -0.4 is 0 Å². The van der Waals surface area contributed by atoms with E-state index in [4.69, 9.17) is 0 Å². The topological polar surface area (TPSA) is 0 Å². The molecule has 0 aromatic carbocycles. The van der Waals surface area contributed by atoms with Gasteiger partial charge in [-0.2, -0.15) is 0 Å². The van der Waals surface area contributed by atoms with Crippen molar-refractivity contribution >= 4 is 0 Å². The Kier molecular flexibility index (Phi) is 1.13. The van der Waals surface area contributed by atoms with E-state index in [1.54, 1.807) is 0 Å². The van der Waals surface area contributed by atoms with Crippen LogP contribution in [0.3, 0.4) is 0 Å². The van der Waals surface area contributed by atoms with Crippen molar-refractivity contribution in [2.24, 2.45) is 5.92 Å². The summed E-state index contributed by atoms with van der Waals surface area (Å²) in [6, 6.07) is 0. The average Bonchev–Trinajstić information content (AvgIpc) is 1.98. The maximum Gasteiger partial charge on any atom is 0.0396 e. The van der Waals surface area contributed by atoms with Gasteiger partial charge in [0.15, 0.2) is 0 Å². The lowest BCUT2D eigenvalue weighted by molar-refractivity contribution is 0.900. The molecule has 1 aliphatic rings. The summed E-state index contributed by atoms with van der Waals surface area (Å²) in [7, 11) is 0. The molecule has 42 valence electrons. The van der Waals surface area contributed by atoms with Crippen molar-refractivity contribution in [3.63, 3.8) is 0 Å². The van der Waals surface area contributed by atoms with E-state index in [9.17, 15) is 0 Å². The minimum absolute atomic E-state index is 0.509. The molecule has 0 aromatic heterocycles. The fourth-order valence-corrected chi connectivity index (χ4v) is 0.748. The second kappa shape index (κ2) is 1.67. The Morgan fingerprint density at radius 2 is 2.00 bits per heavy atom. The van der Waals surface area contributed by atoms with Gasteiger partial charge in [-0.05, 0) is 31.9 Å². The lowest BCUT2D eigenvalue weighted by atomic mass is 10.1. The molecule has 1 unspecified atom stereocenters. The van der Waals surface area contributed by atoms with E-state index in [0.29, 0.717) is 5.92 Å². The fourth-order valence-electron chi connectivity index (χ4n) is 0.748. The quantitative estimate of drug-likeness (QED) is 0.414. The largest absolute Gasteiger partial charge is 0.0906 e. The van der Waals surface area contributed by atoms with Crippen molar-refractivity contribution in [1.82, 2.24) is 0 Å². The second-order valence-corrected chi connectivity index (χ2v) is 2.30. The van der Waals surface area contributed by atoms with Gasteiger partial charge in [0, 0.05) is 5.92 Å². The third-order valence-electron chi connectivity index (χ3n) is 1.72. The Bertz CT molecular complexity index is 186. The fraction of sp³-hybridized carbons (Fsp3) is 0.500. The summed E-state index contributed by atoms with van der Waals surface area (Å²) in [5.74, 6) is 6.65. The van der Waals surface area contributed by atoms with E-state index >= 15 is 0 Å². The van der Waals surface area contributed by atoms with Gasteiger partial charge in [-0.25, -0.2) is 0 Å². The van der Waals surface area contributed by atoms with E-state index < -0.39 is 0 Å². The second-order valence-electron chi connectivity index (χ2n) is 2.30. The minimum atomic E-state index is 0.509. The van der Waals surface area contributed by atoms with E-state index in [1.807, 2.05) is 0 Å². The zero-order valence-corrected chi connectivity index (χ0v) is 5.58. The minimum Gasteiger partial charge on any atom is -0.0906 e. The van der Waals surface area contributed by atoms with Gasteiger partial charge < -0.3 is 0 Å². The standard InChI is InChI=1S/C8H10/c1-6-4-5-7(2)8(6)3/h6H,1-3H3. The number of hydrogen-bond donors (Lipinski definition) is 0. The lowest BCUT2D eigenvalue weighted by Crippen LogP contribution is -1.87. The molecule has 0 N–H and O–H groups in total. The average molecular weight is 106 g/mol. The molecular weight excluding hydrogens is 96.1 g/mol. The van der Waals surface area contributed by atoms with Crippen LogP contribution in [-0.2, 0) is 0 Å². The maximum absolute atomic E-state index is 3.09. The third kappa shape index (κ3) is 0.648. The highest BCUT2D eigenvalue weighted by Crippen LogP contribution is 2.17. The molecule has 0 heterocycles.